The van der Waals surface area contributed by atoms with Gasteiger partial charge in [0.05, 0.1) is 13.7 Å². The van der Waals surface area contributed by atoms with Gasteiger partial charge in [0.15, 0.2) is 23.7 Å². The lowest BCUT2D eigenvalue weighted by Gasteiger charge is -2.42. The molecule has 2 atom stereocenters. The zero-order valence-corrected chi connectivity index (χ0v) is 42.3. The summed E-state index contributed by atoms with van der Waals surface area (Å²) >= 11 is 0. The molecule has 0 bridgehead atoms. The molecule has 2 amide bonds. The topological polar surface area (TPSA) is 106 Å². The van der Waals surface area contributed by atoms with Gasteiger partial charge in [-0.25, -0.2) is 0 Å². The van der Waals surface area contributed by atoms with Gasteiger partial charge in [-0.3, -0.25) is 9.59 Å². The van der Waals surface area contributed by atoms with Crippen LogP contribution in [0.2, 0.25) is 0 Å². The highest BCUT2D eigenvalue weighted by Gasteiger charge is 2.97. The number of rotatable bonds is 31. The summed E-state index contributed by atoms with van der Waals surface area (Å²) in [5, 5.41) is 14.2. The Balaban J connectivity index is 2.04. The van der Waals surface area contributed by atoms with Crippen molar-refractivity contribution in [3.63, 3.8) is 0 Å². The van der Waals surface area contributed by atoms with Crippen LogP contribution < -0.4 is 24.8 Å². The Hall–Kier alpha value is -5.64. The van der Waals surface area contributed by atoms with Crippen molar-refractivity contribution in [2.45, 2.75) is 166 Å². The number of aryl methyl sites for hydroxylation is 2. The Kier molecular flexibility index (Phi) is 22.0. The molecule has 0 aliphatic heterocycles. The van der Waals surface area contributed by atoms with Gasteiger partial charge in [0.25, 0.3) is 11.8 Å². The monoisotopic (exact) mass is 1340 g/mol. The fourth-order valence-electron chi connectivity index (χ4n) is 6.87. The molecular weight excluding hydrogens is 1300 g/mol. The molecule has 2 unspecified atom stereocenters. The largest absolute Gasteiger partial charge is 0.493 e. The van der Waals surface area contributed by atoms with Gasteiger partial charge < -0.3 is 30.0 Å². The summed E-state index contributed by atoms with van der Waals surface area (Å²) in [7, 11) is 0.889. The summed E-state index contributed by atoms with van der Waals surface area (Å²) in [6, 6.07) is 5.10. The third-order valence-electron chi connectivity index (χ3n) is 12.1. The SMILES string of the molecule is COc1cc(CCCC(F)(F)C(F)(F)C(F)(F)C(F)(F)C(F)(F)C(F)(F)C(F)(F)C(F)(F)F)ccc1OC(C)C(=O)NCCNC(=O)C(C)Oc1ccc(CCCC(F)(F)C(F)(F)C(F)(F)C(F)(F)C(F)(F)C(F)(F)C(F)(F)C(F)(F)F)cc1CO. The van der Waals surface area contributed by atoms with Crippen molar-refractivity contribution in [1.82, 2.24) is 10.6 Å². The second kappa shape index (κ2) is 24.7. The van der Waals surface area contributed by atoms with E-state index in [-0.39, 0.29) is 16.7 Å². The van der Waals surface area contributed by atoms with Crippen LogP contribution in [0.15, 0.2) is 36.4 Å². The molecular formula is C44H38F34N2O6. The summed E-state index contributed by atoms with van der Waals surface area (Å²) in [4.78, 5) is 25.3. The number of nitrogens with one attached hydrogen (secondary N) is 2. The average Bonchev–Trinajstić information content (AvgIpc) is 0.713. The summed E-state index contributed by atoms with van der Waals surface area (Å²) in [6.45, 7) is 0.151. The van der Waals surface area contributed by atoms with Crippen LogP contribution in [-0.2, 0) is 29.0 Å². The van der Waals surface area contributed by atoms with Gasteiger partial charge in [-0.2, -0.15) is 149 Å². The first kappa shape index (κ1) is 76.5. The van der Waals surface area contributed by atoms with E-state index in [2.05, 4.69) is 10.6 Å². The third-order valence-corrected chi connectivity index (χ3v) is 12.1. The number of aliphatic hydroxyl groups excluding tert-OH is 1. The van der Waals surface area contributed by atoms with Crippen molar-refractivity contribution in [1.29, 1.82) is 0 Å². The minimum atomic E-state index is -8.80. The molecule has 42 heteroatoms. The molecule has 0 aliphatic carbocycles. The highest BCUT2D eigenvalue weighted by molar-refractivity contribution is 5.82. The van der Waals surface area contributed by atoms with Crippen LogP contribution in [-0.4, -0.2) is 145 Å². The van der Waals surface area contributed by atoms with Crippen molar-refractivity contribution < 1.29 is 178 Å². The van der Waals surface area contributed by atoms with Crippen molar-refractivity contribution >= 4 is 11.8 Å². The lowest BCUT2D eigenvalue weighted by atomic mass is 9.87. The molecule has 0 fully saturated rings. The van der Waals surface area contributed by atoms with Crippen LogP contribution in [0.3, 0.4) is 0 Å². The Morgan fingerprint density at radius 1 is 0.407 bits per heavy atom. The van der Waals surface area contributed by atoms with E-state index in [1.54, 1.807) is 0 Å². The van der Waals surface area contributed by atoms with Gasteiger partial charge in [-0.15, -0.1) is 0 Å². The minimum Gasteiger partial charge on any atom is -0.493 e. The van der Waals surface area contributed by atoms with Gasteiger partial charge >= 0.3 is 95.3 Å². The lowest BCUT2D eigenvalue weighted by Crippen LogP contribution is -2.74. The highest BCUT2D eigenvalue weighted by atomic mass is 19.4. The van der Waals surface area contributed by atoms with E-state index >= 15 is 0 Å². The molecule has 0 aromatic heterocycles. The number of aliphatic hydroxyl groups is 1. The second-order valence-electron chi connectivity index (χ2n) is 18.2. The molecule has 0 spiro atoms. The van der Waals surface area contributed by atoms with E-state index < -0.39 is 195 Å². The van der Waals surface area contributed by atoms with Gasteiger partial charge in [-0.1, -0.05) is 12.1 Å². The first-order valence-corrected chi connectivity index (χ1v) is 22.8. The zero-order valence-electron chi connectivity index (χ0n) is 42.3. The van der Waals surface area contributed by atoms with Crippen molar-refractivity contribution in [2.24, 2.45) is 0 Å². The summed E-state index contributed by atoms with van der Waals surface area (Å²) in [5.74, 6) is -118. The maximum atomic E-state index is 14.4. The zero-order chi connectivity index (χ0) is 67.9. The molecule has 0 saturated carbocycles. The van der Waals surface area contributed by atoms with E-state index in [1.165, 1.54) is 0 Å². The van der Waals surface area contributed by atoms with E-state index in [1.807, 2.05) is 0 Å². The Labute approximate surface area is 457 Å². The molecule has 86 heavy (non-hydrogen) atoms. The first-order chi connectivity index (χ1) is 38.1. The van der Waals surface area contributed by atoms with Crippen molar-refractivity contribution in [3.05, 3.63) is 53.1 Å². The molecule has 2 rings (SSSR count). The number of hydrogen-bond acceptors (Lipinski definition) is 6. The fraction of sp³-hybridized carbons (Fsp3) is 0.682. The van der Waals surface area contributed by atoms with E-state index in [0.717, 1.165) is 57.4 Å². The molecule has 0 saturated heterocycles. The molecule has 3 N–H and O–H groups in total. The van der Waals surface area contributed by atoms with Gasteiger partial charge in [0.2, 0.25) is 0 Å². The first-order valence-electron chi connectivity index (χ1n) is 22.8. The van der Waals surface area contributed by atoms with E-state index in [9.17, 15) is 164 Å². The predicted octanol–water partition coefficient (Wildman–Crippen LogP) is 14.3. The quantitative estimate of drug-likeness (QED) is 0.0513. The second-order valence-corrected chi connectivity index (χ2v) is 18.2. The number of carbonyl (C=O) groups is 2. The summed E-state index contributed by atoms with van der Waals surface area (Å²) < 4.78 is 478. The van der Waals surface area contributed by atoms with E-state index in [0.29, 0.717) is 0 Å². The number of halogens is 34. The Morgan fingerprint density at radius 2 is 0.686 bits per heavy atom. The molecule has 2 aromatic rings. The normalized spacial score (nSPS) is 15.5. The van der Waals surface area contributed by atoms with Crippen LogP contribution in [0.1, 0.15) is 56.2 Å². The minimum absolute atomic E-state index is 0.307. The van der Waals surface area contributed by atoms with Crippen LogP contribution in [0.4, 0.5) is 149 Å². The van der Waals surface area contributed by atoms with Crippen LogP contribution in [0.5, 0.6) is 17.2 Å². The number of hydrogen-bond donors (Lipinski definition) is 3. The van der Waals surface area contributed by atoms with Crippen LogP contribution in [0, 0.1) is 0 Å². The Bertz CT molecular complexity index is 2480. The Morgan fingerprint density at radius 3 is 0.988 bits per heavy atom. The molecule has 0 radical (unpaired) electrons. The number of ether oxygens (including phenoxy) is 3. The number of alkyl halides is 34. The molecule has 0 aliphatic rings. The fourth-order valence-corrected chi connectivity index (χ4v) is 6.87. The highest BCUT2D eigenvalue weighted by Crippen LogP contribution is 2.66. The maximum absolute atomic E-state index is 14.4. The summed E-state index contributed by atoms with van der Waals surface area (Å²) in [6.07, 6.45) is -29.4. The number of methoxy groups -OCH3 is 1. The number of benzene rings is 2. The number of amides is 2. The maximum Gasteiger partial charge on any atom is 0.460 e. The van der Waals surface area contributed by atoms with Gasteiger partial charge in [0.1, 0.15) is 5.75 Å². The van der Waals surface area contributed by atoms with Crippen molar-refractivity contribution in [2.75, 3.05) is 20.2 Å². The van der Waals surface area contributed by atoms with Crippen molar-refractivity contribution in [3.8, 4) is 17.2 Å². The standard InChI is InChI=1S/C44H38F34N2O6/c1-19(85-24-10-8-21(16-23(24)18-81)6-4-12-29(45,46)31(49,50)33(53,54)35(57,58)37(61,62)39(65,66)41(69,70)43(73,74)75)27(82)79-14-15-80-28(83)20(2)86-25-11-9-22(17-26(25)84-3)7-5-13-30(47,48)32(51,52)34(55,56)36(59,60)38(63,64)40(67,68)42(71,72)44(76,77)78/h8-11,16-17,19-20,81H,4-7,12-15,18H2,1-3H3,(H,79,82)(H,80,83). The molecule has 8 nitrogen and oxygen atoms in total. The third kappa shape index (κ3) is 13.4. The van der Waals surface area contributed by atoms with Gasteiger partial charge in [0, 0.05) is 31.5 Å². The van der Waals surface area contributed by atoms with Crippen LogP contribution >= 0.6 is 0 Å². The van der Waals surface area contributed by atoms with E-state index in [4.69, 9.17) is 14.2 Å². The van der Waals surface area contributed by atoms with Crippen LogP contribution in [0.25, 0.3) is 0 Å². The van der Waals surface area contributed by atoms with Gasteiger partial charge in [-0.05, 0) is 74.9 Å². The molecule has 2 aromatic carbocycles. The number of carbonyl (C=O) groups excluding carboxylic acids is 2. The molecule has 498 valence electrons. The summed E-state index contributed by atoms with van der Waals surface area (Å²) in [5.41, 5.74) is -1.02. The lowest BCUT2D eigenvalue weighted by molar-refractivity contribution is -0.461. The average molecular weight is 1340 g/mol. The smallest absolute Gasteiger partial charge is 0.460 e. The predicted molar refractivity (Wildman–Crippen MR) is 219 cm³/mol. The molecule has 0 heterocycles.